The molecule has 0 unspecified atom stereocenters. The van der Waals surface area contributed by atoms with E-state index in [9.17, 15) is 4.79 Å². The number of rotatable bonds is 2. The van der Waals surface area contributed by atoms with E-state index < -0.39 is 0 Å². The summed E-state index contributed by atoms with van der Waals surface area (Å²) >= 11 is 1.49. The zero-order chi connectivity index (χ0) is 17.9. The summed E-state index contributed by atoms with van der Waals surface area (Å²) in [5.74, 6) is 6.19. The molecule has 0 aliphatic carbocycles. The summed E-state index contributed by atoms with van der Waals surface area (Å²) in [4.78, 5) is 17.6. The van der Waals surface area contributed by atoms with Gasteiger partial charge in [0.05, 0.1) is 5.39 Å². The lowest BCUT2D eigenvalue weighted by atomic mass is 10.0. The van der Waals surface area contributed by atoms with Crippen molar-refractivity contribution in [3.8, 4) is 17.5 Å². The van der Waals surface area contributed by atoms with Crippen LogP contribution in [0.5, 0.6) is 0 Å². The topological polar surface area (TPSA) is 34.9 Å². The third-order valence-electron chi connectivity index (χ3n) is 4.24. The van der Waals surface area contributed by atoms with Gasteiger partial charge in [-0.05, 0) is 42.0 Å². The minimum atomic E-state index is -0.0328. The Morgan fingerprint density at radius 2 is 1.92 bits per heavy atom. The molecule has 0 fully saturated rings. The molecule has 0 atom stereocenters. The number of pyridine rings is 1. The molecule has 0 radical (unpaired) electrons. The first-order chi connectivity index (χ1) is 12.8. The molecule has 0 amide bonds. The second kappa shape index (κ2) is 6.99. The number of nitrogens with zero attached hydrogens (tertiary/aromatic N) is 2. The summed E-state index contributed by atoms with van der Waals surface area (Å²) in [6, 6.07) is 17.6. The molecule has 4 rings (SSSR count). The van der Waals surface area contributed by atoms with Crippen LogP contribution in [0.2, 0.25) is 0 Å². The molecule has 0 bridgehead atoms. The van der Waals surface area contributed by atoms with Crippen LogP contribution in [-0.4, -0.2) is 9.55 Å². The van der Waals surface area contributed by atoms with Crippen LogP contribution in [0.1, 0.15) is 23.2 Å². The average molecular weight is 356 g/mol. The number of benzene rings is 2. The van der Waals surface area contributed by atoms with Crippen LogP contribution in [0.25, 0.3) is 16.5 Å². The molecule has 0 aliphatic heterocycles. The summed E-state index contributed by atoms with van der Waals surface area (Å²) in [5.41, 5.74) is 2.56. The normalized spacial score (nSPS) is 10.5. The number of aryl methyl sites for hydroxylation is 1. The van der Waals surface area contributed by atoms with Gasteiger partial charge in [0.25, 0.3) is 5.56 Å². The van der Waals surface area contributed by atoms with Gasteiger partial charge in [-0.3, -0.25) is 9.36 Å². The first-order valence-electron chi connectivity index (χ1n) is 8.42. The lowest BCUT2D eigenvalue weighted by Gasteiger charge is -2.14. The van der Waals surface area contributed by atoms with E-state index >= 15 is 0 Å². The van der Waals surface area contributed by atoms with Crippen molar-refractivity contribution in [2.75, 3.05) is 0 Å². The number of thiazole rings is 1. The van der Waals surface area contributed by atoms with Crippen LogP contribution in [0.3, 0.4) is 0 Å². The third-order valence-corrected chi connectivity index (χ3v) is 4.92. The van der Waals surface area contributed by atoms with E-state index in [1.807, 2.05) is 53.9 Å². The lowest BCUT2D eigenvalue weighted by molar-refractivity contribution is 0.889. The molecular weight excluding hydrogens is 340 g/mol. The molecule has 0 saturated carbocycles. The quantitative estimate of drug-likeness (QED) is 0.499. The zero-order valence-corrected chi connectivity index (χ0v) is 15.1. The van der Waals surface area contributed by atoms with Gasteiger partial charge in [-0.15, -0.1) is 11.3 Å². The molecule has 2 aromatic carbocycles. The molecule has 0 saturated heterocycles. The fraction of sp³-hybridized carbons (Fsp3) is 0.0909. The van der Waals surface area contributed by atoms with Crippen molar-refractivity contribution < 1.29 is 0 Å². The van der Waals surface area contributed by atoms with E-state index in [1.54, 1.807) is 10.8 Å². The minimum Gasteiger partial charge on any atom is -0.281 e. The van der Waals surface area contributed by atoms with Crippen molar-refractivity contribution in [1.29, 1.82) is 0 Å². The molecule has 2 aromatic heterocycles. The molecule has 26 heavy (non-hydrogen) atoms. The Balaban J connectivity index is 2.00. The van der Waals surface area contributed by atoms with Crippen LogP contribution in [-0.2, 0) is 6.42 Å². The number of para-hydroxylation sites is 1. The summed E-state index contributed by atoms with van der Waals surface area (Å²) in [5, 5.41) is 4.21. The summed E-state index contributed by atoms with van der Waals surface area (Å²) in [6.45, 7) is 2.06. The predicted molar refractivity (Wildman–Crippen MR) is 107 cm³/mol. The highest BCUT2D eigenvalue weighted by atomic mass is 32.1. The summed E-state index contributed by atoms with van der Waals surface area (Å²) in [6.07, 6.45) is 2.50. The maximum atomic E-state index is 13.4. The van der Waals surface area contributed by atoms with Gasteiger partial charge in [-0.2, -0.15) is 0 Å². The second-order valence-corrected chi connectivity index (χ2v) is 6.72. The Kier molecular flexibility index (Phi) is 4.39. The van der Waals surface area contributed by atoms with Crippen molar-refractivity contribution in [3.05, 3.63) is 92.8 Å². The molecule has 0 spiro atoms. The number of hydrogen-bond donors (Lipinski definition) is 0. The van der Waals surface area contributed by atoms with Gasteiger partial charge < -0.3 is 0 Å². The van der Waals surface area contributed by atoms with E-state index in [0.717, 1.165) is 33.8 Å². The smallest absolute Gasteiger partial charge is 0.264 e. The van der Waals surface area contributed by atoms with Crippen LogP contribution in [0.15, 0.2) is 71.0 Å². The Bertz CT molecular complexity index is 1180. The number of fused-ring (bicyclic) bond motifs is 1. The molecule has 4 heteroatoms. The molecule has 3 nitrogen and oxygen atoms in total. The minimum absolute atomic E-state index is 0.0328. The highest BCUT2D eigenvalue weighted by molar-refractivity contribution is 7.10. The first kappa shape index (κ1) is 16.3. The van der Waals surface area contributed by atoms with Crippen molar-refractivity contribution in [2.24, 2.45) is 0 Å². The largest absolute Gasteiger partial charge is 0.281 e. The van der Waals surface area contributed by atoms with Gasteiger partial charge in [-0.1, -0.05) is 43.2 Å². The molecular formula is C22H16N2OS. The van der Waals surface area contributed by atoms with E-state index in [-0.39, 0.29) is 5.56 Å². The van der Waals surface area contributed by atoms with Crippen molar-refractivity contribution in [1.82, 2.24) is 9.55 Å². The van der Waals surface area contributed by atoms with E-state index in [2.05, 4.69) is 29.8 Å². The molecule has 4 aromatic rings. The number of aromatic nitrogens is 2. The Hall–Kier alpha value is -3.16. The Labute approximate surface area is 155 Å². The van der Waals surface area contributed by atoms with Gasteiger partial charge in [0.2, 0.25) is 0 Å². The summed E-state index contributed by atoms with van der Waals surface area (Å²) in [7, 11) is 0. The highest BCUT2D eigenvalue weighted by Crippen LogP contribution is 2.19. The van der Waals surface area contributed by atoms with Gasteiger partial charge in [0.1, 0.15) is 0 Å². The third kappa shape index (κ3) is 2.94. The second-order valence-electron chi connectivity index (χ2n) is 5.82. The maximum Gasteiger partial charge on any atom is 0.264 e. The van der Waals surface area contributed by atoms with Crippen molar-refractivity contribution >= 4 is 22.1 Å². The summed E-state index contributed by atoms with van der Waals surface area (Å²) < 4.78 is 1.79. The fourth-order valence-corrected chi connectivity index (χ4v) is 3.53. The lowest BCUT2D eigenvalue weighted by Crippen LogP contribution is -2.22. The SMILES string of the molecule is CCc1cc2cccc(C#Cc3nccs3)c2c(=O)n1-c1ccccc1. The first-order valence-corrected chi connectivity index (χ1v) is 9.30. The molecule has 126 valence electrons. The average Bonchev–Trinajstić information content (AvgIpc) is 3.20. The van der Waals surface area contributed by atoms with Crippen LogP contribution in [0.4, 0.5) is 0 Å². The fourth-order valence-electron chi connectivity index (χ4n) is 3.05. The maximum absolute atomic E-state index is 13.4. The van der Waals surface area contributed by atoms with E-state index in [4.69, 9.17) is 0 Å². The Morgan fingerprint density at radius 3 is 2.65 bits per heavy atom. The van der Waals surface area contributed by atoms with Crippen LogP contribution >= 0.6 is 11.3 Å². The van der Waals surface area contributed by atoms with E-state index in [0.29, 0.717) is 5.39 Å². The standard InChI is InChI=1S/C22H16N2OS/c1-2-18-15-17-8-6-7-16(11-12-20-23-13-14-26-20)21(17)22(25)24(18)19-9-4-3-5-10-19/h3-10,13-15H,2H2,1H3. The van der Waals surface area contributed by atoms with Gasteiger partial charge in [0.15, 0.2) is 5.01 Å². The Morgan fingerprint density at radius 1 is 1.08 bits per heavy atom. The molecule has 0 N–H and O–H groups in total. The molecule has 2 heterocycles. The van der Waals surface area contributed by atoms with E-state index in [1.165, 1.54) is 11.3 Å². The van der Waals surface area contributed by atoms with Crippen LogP contribution in [0, 0.1) is 11.8 Å². The molecule has 0 aliphatic rings. The van der Waals surface area contributed by atoms with Crippen molar-refractivity contribution in [3.63, 3.8) is 0 Å². The van der Waals surface area contributed by atoms with Crippen molar-refractivity contribution in [2.45, 2.75) is 13.3 Å². The number of hydrogen-bond acceptors (Lipinski definition) is 3. The van der Waals surface area contributed by atoms with Gasteiger partial charge >= 0.3 is 0 Å². The predicted octanol–water partition coefficient (Wildman–Crippen LogP) is 4.41. The zero-order valence-electron chi connectivity index (χ0n) is 14.3. The monoisotopic (exact) mass is 356 g/mol. The highest BCUT2D eigenvalue weighted by Gasteiger charge is 2.12. The van der Waals surface area contributed by atoms with Crippen LogP contribution < -0.4 is 5.56 Å². The van der Waals surface area contributed by atoms with Gasteiger partial charge in [0, 0.05) is 28.5 Å². The van der Waals surface area contributed by atoms with Gasteiger partial charge in [-0.25, -0.2) is 4.98 Å².